The molecule has 1 aromatic heterocycles. The van der Waals surface area contributed by atoms with Crippen molar-refractivity contribution in [2.75, 3.05) is 6.61 Å². The first-order valence-electron chi connectivity index (χ1n) is 12.5. The number of carbonyl (C=O) groups excluding carboxylic acids is 1. The molecule has 0 aliphatic carbocycles. The Morgan fingerprint density at radius 1 is 1.02 bits per heavy atom. The molecular weight excluding hydrogens is 544 g/mol. The van der Waals surface area contributed by atoms with Gasteiger partial charge in [0.05, 0.1) is 22.1 Å². The highest BCUT2D eigenvalue weighted by Crippen LogP contribution is 2.33. The number of nitro benzene ring substituents is 1. The fourth-order valence-electron chi connectivity index (χ4n) is 4.29. The number of non-ortho nitro benzene ring substituents is 1. The van der Waals surface area contributed by atoms with Crippen molar-refractivity contribution in [3.05, 3.63) is 111 Å². The topological polar surface area (TPSA) is 98.8 Å². The summed E-state index contributed by atoms with van der Waals surface area (Å²) in [6.45, 7) is 6.61. The Bertz CT molecular complexity index is 1620. The van der Waals surface area contributed by atoms with E-state index in [2.05, 4.69) is 20.9 Å². The van der Waals surface area contributed by atoms with Crippen LogP contribution in [0.5, 0.6) is 5.75 Å². The molecule has 1 aliphatic heterocycles. The van der Waals surface area contributed by atoms with Crippen LogP contribution < -0.4 is 10.1 Å². The molecule has 0 spiro atoms. The number of aromatic nitrogens is 1. The van der Waals surface area contributed by atoms with Crippen LogP contribution in [0, 0.1) is 24.0 Å². The molecule has 0 unspecified atom stereocenters. The number of thioether (sulfide) groups is 1. The third-order valence-corrected chi connectivity index (χ3v) is 8.09. The Balaban J connectivity index is 1.31. The van der Waals surface area contributed by atoms with Crippen molar-refractivity contribution in [3.8, 4) is 11.4 Å². The van der Waals surface area contributed by atoms with E-state index >= 15 is 0 Å². The SMILES string of the molecule is CCOc1ccc(N=C2NC(=O)/C(=C\c3cc(C)n(-c4ccc(Sc5ccc([N+](=O)[O-])cc5)cc4)c3C)S2)cc1. The number of benzene rings is 3. The second kappa shape index (κ2) is 11.8. The number of nitrogens with one attached hydrogen (secondary N) is 1. The van der Waals surface area contributed by atoms with E-state index in [1.54, 1.807) is 23.9 Å². The minimum absolute atomic E-state index is 0.0775. The van der Waals surface area contributed by atoms with Gasteiger partial charge in [0.2, 0.25) is 0 Å². The number of nitro groups is 1. The van der Waals surface area contributed by atoms with Crippen molar-refractivity contribution >= 4 is 52.0 Å². The van der Waals surface area contributed by atoms with Gasteiger partial charge in [0.15, 0.2) is 5.17 Å². The molecule has 4 aromatic rings. The average Bonchev–Trinajstić information content (AvgIpc) is 3.43. The molecule has 10 heteroatoms. The maximum atomic E-state index is 12.7. The number of ether oxygens (including phenoxy) is 1. The van der Waals surface area contributed by atoms with E-state index in [0.29, 0.717) is 16.7 Å². The van der Waals surface area contributed by atoms with Gasteiger partial charge in [-0.2, -0.15) is 0 Å². The van der Waals surface area contributed by atoms with Crippen molar-refractivity contribution in [3.63, 3.8) is 0 Å². The molecule has 3 aromatic carbocycles. The molecule has 0 bridgehead atoms. The molecule has 202 valence electrons. The Morgan fingerprint density at radius 3 is 2.30 bits per heavy atom. The summed E-state index contributed by atoms with van der Waals surface area (Å²) in [7, 11) is 0. The van der Waals surface area contributed by atoms with Gasteiger partial charge < -0.3 is 14.6 Å². The zero-order chi connectivity index (χ0) is 28.2. The molecule has 40 heavy (non-hydrogen) atoms. The van der Waals surface area contributed by atoms with Crippen molar-refractivity contribution in [1.29, 1.82) is 0 Å². The second-order valence-corrected chi connectivity index (χ2v) is 11.1. The lowest BCUT2D eigenvalue weighted by Crippen LogP contribution is -2.19. The Kier molecular flexibility index (Phi) is 8.09. The molecule has 1 saturated heterocycles. The summed E-state index contributed by atoms with van der Waals surface area (Å²) in [6, 6.07) is 24.2. The molecule has 1 amide bonds. The van der Waals surface area contributed by atoms with Crippen molar-refractivity contribution in [1.82, 2.24) is 9.88 Å². The first kappa shape index (κ1) is 27.3. The molecule has 8 nitrogen and oxygen atoms in total. The van der Waals surface area contributed by atoms with Crippen LogP contribution >= 0.6 is 23.5 Å². The largest absolute Gasteiger partial charge is 0.494 e. The quantitative estimate of drug-likeness (QED) is 0.134. The number of hydrogen-bond acceptors (Lipinski definition) is 7. The lowest BCUT2D eigenvalue weighted by Gasteiger charge is -2.11. The molecule has 0 radical (unpaired) electrons. The normalized spacial score (nSPS) is 15.0. The van der Waals surface area contributed by atoms with E-state index in [9.17, 15) is 14.9 Å². The minimum Gasteiger partial charge on any atom is -0.494 e. The van der Waals surface area contributed by atoms with Gasteiger partial charge in [-0.15, -0.1) is 0 Å². The average molecular weight is 571 g/mol. The Morgan fingerprint density at radius 2 is 1.68 bits per heavy atom. The highest BCUT2D eigenvalue weighted by molar-refractivity contribution is 8.18. The number of carbonyl (C=O) groups is 1. The molecule has 0 saturated carbocycles. The van der Waals surface area contributed by atoms with Gasteiger partial charge in [-0.3, -0.25) is 14.9 Å². The maximum absolute atomic E-state index is 12.7. The summed E-state index contributed by atoms with van der Waals surface area (Å²) in [5.74, 6) is 0.607. The van der Waals surface area contributed by atoms with Crippen molar-refractivity contribution < 1.29 is 14.5 Å². The summed E-state index contributed by atoms with van der Waals surface area (Å²) in [5, 5.41) is 14.3. The molecule has 1 fully saturated rings. The number of aliphatic imine (C=N–C) groups is 1. The predicted molar refractivity (Wildman–Crippen MR) is 161 cm³/mol. The van der Waals surface area contributed by atoms with Gasteiger partial charge in [-0.05, 0) is 111 Å². The fourth-order valence-corrected chi connectivity index (χ4v) is 5.94. The molecule has 0 atom stereocenters. The smallest absolute Gasteiger partial charge is 0.269 e. The maximum Gasteiger partial charge on any atom is 0.269 e. The van der Waals surface area contributed by atoms with Crippen LogP contribution in [0.3, 0.4) is 0 Å². The number of aryl methyl sites for hydroxylation is 1. The van der Waals surface area contributed by atoms with E-state index < -0.39 is 4.92 Å². The Hall–Kier alpha value is -4.28. The van der Waals surface area contributed by atoms with Crippen LogP contribution in [-0.4, -0.2) is 27.2 Å². The highest BCUT2D eigenvalue weighted by Gasteiger charge is 2.24. The lowest BCUT2D eigenvalue weighted by atomic mass is 10.2. The number of rotatable bonds is 8. The first-order chi connectivity index (χ1) is 19.3. The number of nitrogens with zero attached hydrogens (tertiary/aromatic N) is 3. The zero-order valence-corrected chi connectivity index (χ0v) is 23.7. The number of amidine groups is 1. The van der Waals surface area contributed by atoms with Gasteiger partial charge in [-0.1, -0.05) is 11.8 Å². The van der Waals surface area contributed by atoms with Crippen molar-refractivity contribution in [2.24, 2.45) is 4.99 Å². The summed E-state index contributed by atoms with van der Waals surface area (Å²) in [5.41, 5.74) is 4.85. The van der Waals surface area contributed by atoms with Crippen LogP contribution in [0.1, 0.15) is 23.9 Å². The molecular formula is C30H26N4O4S2. The van der Waals surface area contributed by atoms with Gasteiger partial charge in [0, 0.05) is 39.0 Å². The van der Waals surface area contributed by atoms with Crippen LogP contribution in [0.2, 0.25) is 0 Å². The summed E-state index contributed by atoms with van der Waals surface area (Å²) < 4.78 is 7.62. The van der Waals surface area contributed by atoms with E-state index in [4.69, 9.17) is 4.74 Å². The van der Waals surface area contributed by atoms with Crippen LogP contribution in [0.15, 0.2) is 98.6 Å². The van der Waals surface area contributed by atoms with Crippen LogP contribution in [-0.2, 0) is 4.79 Å². The fraction of sp³-hybridized carbons (Fsp3) is 0.133. The second-order valence-electron chi connectivity index (χ2n) is 8.92. The monoisotopic (exact) mass is 570 g/mol. The van der Waals surface area contributed by atoms with E-state index in [1.807, 2.05) is 75.4 Å². The minimum atomic E-state index is -0.400. The molecule has 2 heterocycles. The predicted octanol–water partition coefficient (Wildman–Crippen LogP) is 7.44. The van der Waals surface area contributed by atoms with Gasteiger partial charge in [-0.25, -0.2) is 4.99 Å². The van der Waals surface area contributed by atoms with Gasteiger partial charge >= 0.3 is 0 Å². The van der Waals surface area contributed by atoms with E-state index in [0.717, 1.165) is 43.9 Å². The Labute approximate surface area is 240 Å². The lowest BCUT2D eigenvalue weighted by molar-refractivity contribution is -0.384. The third kappa shape index (κ3) is 6.13. The standard InChI is InChI=1S/C30H26N4O4S2/c1-4-38-25-11-5-22(6-12-25)31-30-32-29(35)28(40-30)18-21-17-19(2)33(20(21)3)23-7-13-26(14-8-23)39-27-15-9-24(10-16-27)34(36)37/h5-18H,4H2,1-3H3,(H,31,32,35)/b28-18+. The first-order valence-corrected chi connectivity index (χ1v) is 14.2. The zero-order valence-electron chi connectivity index (χ0n) is 22.1. The summed E-state index contributed by atoms with van der Waals surface area (Å²) in [4.78, 5) is 30.3. The van der Waals surface area contributed by atoms with E-state index in [1.165, 1.54) is 23.9 Å². The van der Waals surface area contributed by atoms with Crippen molar-refractivity contribution in [2.45, 2.75) is 30.6 Å². The van der Waals surface area contributed by atoms with Gasteiger partial charge in [0.25, 0.3) is 11.6 Å². The molecule has 1 N–H and O–H groups in total. The summed E-state index contributed by atoms with van der Waals surface area (Å²) in [6.07, 6.45) is 1.90. The molecule has 1 aliphatic rings. The summed E-state index contributed by atoms with van der Waals surface area (Å²) >= 11 is 2.86. The number of hydrogen-bond donors (Lipinski definition) is 1. The van der Waals surface area contributed by atoms with Gasteiger partial charge in [0.1, 0.15) is 5.75 Å². The van der Waals surface area contributed by atoms with Crippen LogP contribution in [0.25, 0.3) is 11.8 Å². The molecule has 5 rings (SSSR count). The number of amides is 1. The van der Waals surface area contributed by atoms with E-state index in [-0.39, 0.29) is 11.6 Å². The third-order valence-electron chi connectivity index (χ3n) is 6.16. The van der Waals surface area contributed by atoms with Crippen LogP contribution in [0.4, 0.5) is 11.4 Å². The highest BCUT2D eigenvalue weighted by atomic mass is 32.2.